The number of halogens is 3. The molecule has 0 aromatic heterocycles. The Hall–Kier alpha value is -1.28. The fourth-order valence-electron chi connectivity index (χ4n) is 1.69. The fraction of sp³-hybridized carbons (Fsp3) is 0.538. The molecule has 0 heterocycles. The first-order valence-electron chi connectivity index (χ1n) is 6.54. The molecule has 1 unspecified atom stereocenters. The molecule has 0 saturated carbocycles. The van der Waals surface area contributed by atoms with Crippen molar-refractivity contribution in [3.05, 3.63) is 24.3 Å². The van der Waals surface area contributed by atoms with E-state index in [1.165, 1.54) is 12.1 Å². The Balaban J connectivity index is 2.59. The SMILES string of the molecule is CC(CN)CCCNc1ccc(S(=O)(=O)C(F)(F)F)cc1. The van der Waals surface area contributed by atoms with Gasteiger partial charge in [-0.15, -0.1) is 0 Å². The van der Waals surface area contributed by atoms with Gasteiger partial charge in [0.25, 0.3) is 9.84 Å². The minimum atomic E-state index is -5.28. The van der Waals surface area contributed by atoms with Gasteiger partial charge in [-0.3, -0.25) is 0 Å². The smallest absolute Gasteiger partial charge is 0.385 e. The lowest BCUT2D eigenvalue weighted by Gasteiger charge is -2.11. The summed E-state index contributed by atoms with van der Waals surface area (Å²) >= 11 is 0. The van der Waals surface area contributed by atoms with Crippen LogP contribution in [0, 0.1) is 5.92 Å². The second-order valence-electron chi connectivity index (χ2n) is 4.88. The van der Waals surface area contributed by atoms with Gasteiger partial charge in [0.1, 0.15) is 0 Å². The van der Waals surface area contributed by atoms with Crippen LogP contribution in [0.1, 0.15) is 19.8 Å². The summed E-state index contributed by atoms with van der Waals surface area (Å²) in [7, 11) is -5.27. The Morgan fingerprint density at radius 3 is 2.29 bits per heavy atom. The summed E-state index contributed by atoms with van der Waals surface area (Å²) in [5.74, 6) is 0.422. The molecule has 0 bridgehead atoms. The van der Waals surface area contributed by atoms with Gasteiger partial charge >= 0.3 is 5.51 Å². The highest BCUT2D eigenvalue weighted by Crippen LogP contribution is 2.30. The first-order chi connectivity index (χ1) is 9.68. The topological polar surface area (TPSA) is 72.2 Å². The summed E-state index contributed by atoms with van der Waals surface area (Å²) in [4.78, 5) is -0.752. The van der Waals surface area contributed by atoms with Gasteiger partial charge in [0.15, 0.2) is 0 Å². The standard InChI is InChI=1S/C13H19F3N2O2S/c1-10(9-17)3-2-8-18-11-4-6-12(7-5-11)21(19,20)13(14,15)16/h4-7,10,18H,2-3,8-9,17H2,1H3. The van der Waals surface area contributed by atoms with Crippen LogP contribution in [-0.2, 0) is 9.84 Å². The van der Waals surface area contributed by atoms with E-state index in [-0.39, 0.29) is 0 Å². The second-order valence-corrected chi connectivity index (χ2v) is 6.82. The lowest BCUT2D eigenvalue weighted by Crippen LogP contribution is -2.23. The molecule has 0 aliphatic heterocycles. The summed E-state index contributed by atoms with van der Waals surface area (Å²) in [6.45, 7) is 3.30. The number of sulfone groups is 1. The van der Waals surface area contributed by atoms with E-state index in [2.05, 4.69) is 5.32 Å². The van der Waals surface area contributed by atoms with E-state index >= 15 is 0 Å². The van der Waals surface area contributed by atoms with E-state index in [1.807, 2.05) is 6.92 Å². The summed E-state index contributed by atoms with van der Waals surface area (Å²) in [5.41, 5.74) is 0.791. The minimum Gasteiger partial charge on any atom is -0.385 e. The molecule has 0 amide bonds. The number of anilines is 1. The van der Waals surface area contributed by atoms with Crippen molar-refractivity contribution in [3.8, 4) is 0 Å². The molecule has 1 aromatic rings. The molecule has 1 atom stereocenters. The number of hydrogen-bond donors (Lipinski definition) is 2. The zero-order chi connectivity index (χ0) is 16.1. The van der Waals surface area contributed by atoms with Gasteiger partial charge < -0.3 is 11.1 Å². The van der Waals surface area contributed by atoms with Crippen molar-refractivity contribution < 1.29 is 21.6 Å². The van der Waals surface area contributed by atoms with Crippen molar-refractivity contribution in [1.29, 1.82) is 0 Å². The summed E-state index contributed by atoms with van der Waals surface area (Å²) in [6.07, 6.45) is 1.82. The van der Waals surface area contributed by atoms with Gasteiger partial charge in [0, 0.05) is 12.2 Å². The van der Waals surface area contributed by atoms with Crippen LogP contribution in [-0.4, -0.2) is 27.0 Å². The van der Waals surface area contributed by atoms with Crippen molar-refractivity contribution in [1.82, 2.24) is 0 Å². The number of nitrogens with two attached hydrogens (primary N) is 1. The fourth-order valence-corrected chi connectivity index (χ4v) is 2.45. The lowest BCUT2D eigenvalue weighted by atomic mass is 10.1. The predicted molar refractivity (Wildman–Crippen MR) is 75.6 cm³/mol. The number of benzene rings is 1. The Kier molecular flexibility index (Phi) is 6.03. The maximum atomic E-state index is 12.4. The van der Waals surface area contributed by atoms with Gasteiger partial charge in [-0.25, -0.2) is 8.42 Å². The van der Waals surface area contributed by atoms with Crippen LogP contribution in [0.15, 0.2) is 29.2 Å². The molecule has 0 radical (unpaired) electrons. The number of alkyl halides is 3. The van der Waals surface area contributed by atoms with Gasteiger partial charge in [-0.2, -0.15) is 13.2 Å². The van der Waals surface area contributed by atoms with Crippen LogP contribution in [0.2, 0.25) is 0 Å². The molecule has 0 spiro atoms. The van der Waals surface area contributed by atoms with Crippen molar-refractivity contribution in [2.75, 3.05) is 18.4 Å². The van der Waals surface area contributed by atoms with Crippen LogP contribution >= 0.6 is 0 Å². The van der Waals surface area contributed by atoms with Crippen LogP contribution in [0.3, 0.4) is 0 Å². The molecular formula is C13H19F3N2O2S. The van der Waals surface area contributed by atoms with Gasteiger partial charge in [-0.1, -0.05) is 6.92 Å². The van der Waals surface area contributed by atoms with Gasteiger partial charge in [0.05, 0.1) is 4.90 Å². The summed E-state index contributed by atoms with van der Waals surface area (Å²) < 4.78 is 59.4. The molecule has 0 fully saturated rings. The van der Waals surface area contributed by atoms with E-state index < -0.39 is 20.2 Å². The monoisotopic (exact) mass is 324 g/mol. The molecule has 1 rings (SSSR count). The van der Waals surface area contributed by atoms with E-state index in [9.17, 15) is 21.6 Å². The van der Waals surface area contributed by atoms with Crippen LogP contribution < -0.4 is 11.1 Å². The highest BCUT2D eigenvalue weighted by molar-refractivity contribution is 7.92. The first kappa shape index (κ1) is 17.8. The first-order valence-corrected chi connectivity index (χ1v) is 8.02. The number of hydrogen-bond acceptors (Lipinski definition) is 4. The maximum absolute atomic E-state index is 12.4. The minimum absolute atomic E-state index is 0.422. The van der Waals surface area contributed by atoms with E-state index in [1.54, 1.807) is 0 Å². The highest BCUT2D eigenvalue weighted by atomic mass is 32.2. The molecule has 21 heavy (non-hydrogen) atoms. The zero-order valence-corrected chi connectivity index (χ0v) is 12.5. The summed E-state index contributed by atoms with van der Waals surface area (Å²) in [5, 5.41) is 3.02. The van der Waals surface area contributed by atoms with Gasteiger partial charge in [0.2, 0.25) is 0 Å². The molecule has 8 heteroatoms. The molecule has 120 valence electrons. The average Bonchev–Trinajstić information content (AvgIpc) is 2.42. The van der Waals surface area contributed by atoms with E-state index in [4.69, 9.17) is 5.73 Å². The Bertz CT molecular complexity index is 542. The van der Waals surface area contributed by atoms with E-state index in [0.29, 0.717) is 24.7 Å². The zero-order valence-electron chi connectivity index (χ0n) is 11.7. The van der Waals surface area contributed by atoms with E-state index in [0.717, 1.165) is 25.0 Å². The molecule has 4 nitrogen and oxygen atoms in total. The summed E-state index contributed by atoms with van der Waals surface area (Å²) in [6, 6.07) is 4.55. The number of rotatable bonds is 7. The Morgan fingerprint density at radius 1 is 1.24 bits per heavy atom. The van der Waals surface area contributed by atoms with Crippen LogP contribution in [0.25, 0.3) is 0 Å². The van der Waals surface area contributed by atoms with Crippen LogP contribution in [0.5, 0.6) is 0 Å². The average molecular weight is 324 g/mol. The molecule has 0 aliphatic carbocycles. The van der Waals surface area contributed by atoms with Crippen molar-refractivity contribution in [3.63, 3.8) is 0 Å². The maximum Gasteiger partial charge on any atom is 0.501 e. The third-order valence-corrected chi connectivity index (χ3v) is 4.58. The molecule has 3 N–H and O–H groups in total. The normalized spacial score (nSPS) is 14.0. The lowest BCUT2D eigenvalue weighted by molar-refractivity contribution is -0.0436. The third-order valence-electron chi connectivity index (χ3n) is 3.07. The quantitative estimate of drug-likeness (QED) is 0.757. The van der Waals surface area contributed by atoms with Crippen molar-refractivity contribution >= 4 is 15.5 Å². The second kappa shape index (κ2) is 7.13. The third kappa shape index (κ3) is 4.89. The molecule has 0 saturated heterocycles. The van der Waals surface area contributed by atoms with Crippen molar-refractivity contribution in [2.45, 2.75) is 30.2 Å². The molecule has 0 aliphatic rings. The largest absolute Gasteiger partial charge is 0.501 e. The van der Waals surface area contributed by atoms with Gasteiger partial charge in [-0.05, 0) is 49.6 Å². The molecular weight excluding hydrogens is 305 g/mol. The molecule has 1 aromatic carbocycles. The van der Waals surface area contributed by atoms with Crippen LogP contribution in [0.4, 0.5) is 18.9 Å². The predicted octanol–water partition coefficient (Wildman–Crippen LogP) is 2.77. The Morgan fingerprint density at radius 2 is 1.81 bits per heavy atom. The number of nitrogens with one attached hydrogen (secondary N) is 1. The highest BCUT2D eigenvalue weighted by Gasteiger charge is 2.46. The van der Waals surface area contributed by atoms with Crippen molar-refractivity contribution in [2.24, 2.45) is 11.7 Å². The Labute approximate surface area is 122 Å².